The van der Waals surface area contributed by atoms with Gasteiger partial charge in [0.15, 0.2) is 0 Å². The van der Waals surface area contributed by atoms with Crippen LogP contribution in [0, 0.1) is 0 Å². The van der Waals surface area contributed by atoms with E-state index in [-0.39, 0.29) is 5.97 Å². The summed E-state index contributed by atoms with van der Waals surface area (Å²) < 4.78 is 4.64. The molecule has 0 saturated heterocycles. The van der Waals surface area contributed by atoms with E-state index in [9.17, 15) is 4.79 Å². The van der Waals surface area contributed by atoms with Crippen LogP contribution in [0.3, 0.4) is 0 Å². The van der Waals surface area contributed by atoms with Gasteiger partial charge in [0.1, 0.15) is 0 Å². The topological polar surface area (TPSA) is 26.3 Å². The second-order valence-electron chi connectivity index (χ2n) is 4.49. The number of benzene rings is 2. The van der Waals surface area contributed by atoms with E-state index in [1.165, 1.54) is 23.1 Å². The van der Waals surface area contributed by atoms with Crippen LogP contribution in [0.1, 0.15) is 17.5 Å². The van der Waals surface area contributed by atoms with Crippen molar-refractivity contribution >= 4 is 17.7 Å². The van der Waals surface area contributed by atoms with Crippen LogP contribution >= 0.6 is 11.8 Å². The van der Waals surface area contributed by atoms with E-state index < -0.39 is 0 Å². The van der Waals surface area contributed by atoms with Gasteiger partial charge in [0.2, 0.25) is 0 Å². The number of carbonyl (C=O) groups is 1. The van der Waals surface area contributed by atoms with Crippen molar-refractivity contribution in [1.82, 2.24) is 0 Å². The summed E-state index contributed by atoms with van der Waals surface area (Å²) in [5, 5.41) is 0. The van der Waals surface area contributed by atoms with Crippen LogP contribution in [0.2, 0.25) is 0 Å². The molecule has 0 saturated carbocycles. The Bertz CT molecular complexity index is 535. The van der Waals surface area contributed by atoms with Crippen molar-refractivity contribution in [2.45, 2.75) is 23.5 Å². The summed E-state index contributed by atoms with van der Waals surface area (Å²) in [5.41, 5.74) is 2.49. The van der Waals surface area contributed by atoms with Crippen LogP contribution in [0.25, 0.3) is 0 Å². The molecule has 0 unspecified atom stereocenters. The number of carbonyl (C=O) groups excluding carboxylic acids is 1. The summed E-state index contributed by atoms with van der Waals surface area (Å²) >= 11 is 1.82. The van der Waals surface area contributed by atoms with Crippen LogP contribution in [-0.2, 0) is 21.7 Å². The molecule has 0 heterocycles. The summed E-state index contributed by atoms with van der Waals surface area (Å²) in [6, 6.07) is 18.8. The summed E-state index contributed by atoms with van der Waals surface area (Å²) in [7, 11) is 1.42. The highest BCUT2D eigenvalue weighted by Gasteiger charge is 2.02. The fourth-order valence-corrected chi connectivity index (χ4v) is 2.70. The first-order valence-electron chi connectivity index (χ1n) is 6.60. The highest BCUT2D eigenvalue weighted by molar-refractivity contribution is 7.98. The van der Waals surface area contributed by atoms with Gasteiger partial charge in [-0.2, -0.15) is 0 Å². The molecule has 0 spiro atoms. The van der Waals surface area contributed by atoms with Gasteiger partial charge >= 0.3 is 5.97 Å². The first-order valence-corrected chi connectivity index (χ1v) is 7.59. The molecule has 0 bridgehead atoms. The predicted molar refractivity (Wildman–Crippen MR) is 82.8 cm³/mol. The number of aryl methyl sites for hydroxylation is 1. The van der Waals surface area contributed by atoms with E-state index in [4.69, 9.17) is 0 Å². The maximum absolute atomic E-state index is 11.1. The molecule has 0 atom stereocenters. The van der Waals surface area contributed by atoms with Gasteiger partial charge in [-0.1, -0.05) is 42.5 Å². The van der Waals surface area contributed by atoms with Gasteiger partial charge < -0.3 is 4.74 Å². The zero-order valence-electron chi connectivity index (χ0n) is 11.5. The molecule has 2 aromatic carbocycles. The molecule has 0 fully saturated rings. The number of methoxy groups -OCH3 is 1. The fraction of sp³-hybridized carbons (Fsp3) is 0.235. The highest BCUT2D eigenvalue weighted by atomic mass is 32.2. The van der Waals surface area contributed by atoms with E-state index in [0.29, 0.717) is 6.42 Å². The Balaban J connectivity index is 1.84. The van der Waals surface area contributed by atoms with Gasteiger partial charge in [-0.05, 0) is 29.7 Å². The highest BCUT2D eigenvalue weighted by Crippen LogP contribution is 2.23. The minimum absolute atomic E-state index is 0.160. The van der Waals surface area contributed by atoms with Gasteiger partial charge in [-0.3, -0.25) is 4.79 Å². The minimum Gasteiger partial charge on any atom is -0.469 e. The Hall–Kier alpha value is -1.74. The number of rotatable bonds is 6. The van der Waals surface area contributed by atoms with Gasteiger partial charge in [0.25, 0.3) is 0 Å². The third-order valence-electron chi connectivity index (χ3n) is 3.02. The predicted octanol–water partition coefficient (Wildman–Crippen LogP) is 4.08. The molecule has 0 aromatic heterocycles. The van der Waals surface area contributed by atoms with E-state index in [1.54, 1.807) is 0 Å². The molecule has 0 N–H and O–H groups in total. The molecule has 2 rings (SSSR count). The number of hydrogen-bond acceptors (Lipinski definition) is 3. The van der Waals surface area contributed by atoms with Crippen molar-refractivity contribution < 1.29 is 9.53 Å². The van der Waals surface area contributed by atoms with Crippen molar-refractivity contribution in [2.75, 3.05) is 7.11 Å². The summed E-state index contributed by atoms with van der Waals surface area (Å²) in [6.07, 6.45) is 1.17. The second-order valence-corrected chi connectivity index (χ2v) is 5.54. The number of hydrogen-bond donors (Lipinski definition) is 0. The molecule has 20 heavy (non-hydrogen) atoms. The molecule has 0 aliphatic rings. The second kappa shape index (κ2) is 7.75. The largest absolute Gasteiger partial charge is 0.469 e. The first-order chi connectivity index (χ1) is 9.78. The molecule has 2 nitrogen and oxygen atoms in total. The monoisotopic (exact) mass is 286 g/mol. The van der Waals surface area contributed by atoms with Crippen molar-refractivity contribution in [3.63, 3.8) is 0 Å². The Morgan fingerprint density at radius 3 is 2.35 bits per heavy atom. The quantitative estimate of drug-likeness (QED) is 0.591. The molecule has 0 aliphatic heterocycles. The standard InChI is InChI=1S/C17H18O2S/c1-19-17(18)12-9-14-7-10-16(11-8-14)20-13-15-5-3-2-4-6-15/h2-8,10-11H,9,12-13H2,1H3. The molecule has 3 heteroatoms. The summed E-state index contributed by atoms with van der Waals surface area (Å²) in [5.74, 6) is 0.815. The van der Waals surface area contributed by atoms with Crippen molar-refractivity contribution in [1.29, 1.82) is 0 Å². The lowest BCUT2D eigenvalue weighted by molar-refractivity contribution is -0.140. The lowest BCUT2D eigenvalue weighted by atomic mass is 10.1. The molecule has 2 aromatic rings. The Morgan fingerprint density at radius 1 is 1.00 bits per heavy atom. The van der Waals surface area contributed by atoms with Crippen LogP contribution in [0.15, 0.2) is 59.5 Å². The van der Waals surface area contributed by atoms with E-state index in [2.05, 4.69) is 53.3 Å². The van der Waals surface area contributed by atoms with Crippen molar-refractivity contribution in [3.8, 4) is 0 Å². The third kappa shape index (κ3) is 4.74. The molecular formula is C17H18O2S. The summed E-state index contributed by atoms with van der Waals surface area (Å²) in [4.78, 5) is 12.3. The van der Waals surface area contributed by atoms with Gasteiger partial charge in [-0.15, -0.1) is 11.8 Å². The molecule has 0 aliphatic carbocycles. The van der Waals surface area contributed by atoms with Gasteiger partial charge in [0, 0.05) is 17.1 Å². The Labute approximate surface area is 124 Å². The molecule has 104 valence electrons. The maximum Gasteiger partial charge on any atom is 0.305 e. The van der Waals surface area contributed by atoms with Crippen LogP contribution in [-0.4, -0.2) is 13.1 Å². The first kappa shape index (κ1) is 14.7. The Kier molecular flexibility index (Phi) is 5.69. The summed E-state index contributed by atoms with van der Waals surface area (Å²) in [6.45, 7) is 0. The average Bonchev–Trinajstić information content (AvgIpc) is 2.52. The van der Waals surface area contributed by atoms with Crippen molar-refractivity contribution in [2.24, 2.45) is 0 Å². The molecular weight excluding hydrogens is 268 g/mol. The van der Waals surface area contributed by atoms with E-state index >= 15 is 0 Å². The zero-order chi connectivity index (χ0) is 14.2. The Morgan fingerprint density at radius 2 is 1.70 bits per heavy atom. The smallest absolute Gasteiger partial charge is 0.305 e. The molecule has 0 radical (unpaired) electrons. The fourth-order valence-electron chi connectivity index (χ4n) is 1.84. The van der Waals surface area contributed by atoms with Gasteiger partial charge in [0.05, 0.1) is 7.11 Å². The van der Waals surface area contributed by atoms with Crippen LogP contribution in [0.5, 0.6) is 0 Å². The number of esters is 1. The maximum atomic E-state index is 11.1. The van der Waals surface area contributed by atoms with E-state index in [0.717, 1.165) is 12.2 Å². The SMILES string of the molecule is COC(=O)CCc1ccc(SCc2ccccc2)cc1. The van der Waals surface area contributed by atoms with E-state index in [1.807, 2.05) is 17.8 Å². The van der Waals surface area contributed by atoms with Crippen molar-refractivity contribution in [3.05, 3.63) is 65.7 Å². The lowest BCUT2D eigenvalue weighted by Gasteiger charge is -2.04. The minimum atomic E-state index is -0.160. The number of ether oxygens (including phenoxy) is 1. The van der Waals surface area contributed by atoms with Crippen LogP contribution in [0.4, 0.5) is 0 Å². The zero-order valence-corrected chi connectivity index (χ0v) is 12.4. The number of thioether (sulfide) groups is 1. The van der Waals surface area contributed by atoms with Crippen LogP contribution < -0.4 is 0 Å². The molecule has 0 amide bonds. The van der Waals surface area contributed by atoms with Gasteiger partial charge in [-0.25, -0.2) is 0 Å². The normalized spacial score (nSPS) is 10.2. The average molecular weight is 286 g/mol. The lowest BCUT2D eigenvalue weighted by Crippen LogP contribution is -2.01. The third-order valence-corrected chi connectivity index (χ3v) is 4.10.